The van der Waals surface area contributed by atoms with E-state index in [1.807, 2.05) is 0 Å². The molecule has 2 saturated heterocycles. The summed E-state index contributed by atoms with van der Waals surface area (Å²) >= 11 is 0. The van der Waals surface area contributed by atoms with E-state index < -0.39 is 29.9 Å². The number of unbranched alkanes of at least 4 members (excludes halogenated alkanes) is 9. The van der Waals surface area contributed by atoms with E-state index in [0.717, 1.165) is 12.8 Å². The molecule has 0 amide bonds. The molecular formula is C21H40O6. The fourth-order valence-corrected chi connectivity index (χ4v) is 4.03. The summed E-state index contributed by atoms with van der Waals surface area (Å²) in [6, 6.07) is 0. The molecule has 0 aliphatic carbocycles. The molecule has 2 aliphatic rings. The van der Waals surface area contributed by atoms with Crippen molar-refractivity contribution in [2.75, 3.05) is 19.8 Å². The Labute approximate surface area is 164 Å². The number of hydrogen-bond donors (Lipinski definition) is 2. The Morgan fingerprint density at radius 3 is 2.07 bits per heavy atom. The lowest BCUT2D eigenvalue weighted by Gasteiger charge is -2.28. The van der Waals surface area contributed by atoms with Crippen LogP contribution < -0.4 is 0 Å². The van der Waals surface area contributed by atoms with Gasteiger partial charge in [0.15, 0.2) is 5.79 Å². The van der Waals surface area contributed by atoms with Gasteiger partial charge in [0.25, 0.3) is 0 Å². The van der Waals surface area contributed by atoms with Gasteiger partial charge >= 0.3 is 0 Å². The first kappa shape index (κ1) is 23.0. The first-order valence-electron chi connectivity index (χ1n) is 10.9. The molecule has 0 aromatic carbocycles. The van der Waals surface area contributed by atoms with Crippen LogP contribution in [0, 0.1) is 0 Å². The Morgan fingerprint density at radius 2 is 1.48 bits per heavy atom. The van der Waals surface area contributed by atoms with Crippen LogP contribution in [0.5, 0.6) is 0 Å². The van der Waals surface area contributed by atoms with E-state index in [0.29, 0.717) is 6.61 Å². The van der Waals surface area contributed by atoms with Gasteiger partial charge in [-0.2, -0.15) is 0 Å². The third-order valence-electron chi connectivity index (χ3n) is 5.43. The zero-order valence-electron chi connectivity index (χ0n) is 17.5. The Kier molecular flexibility index (Phi) is 9.45. The van der Waals surface area contributed by atoms with Crippen LogP contribution in [0.15, 0.2) is 0 Å². The van der Waals surface area contributed by atoms with Gasteiger partial charge in [0.05, 0.1) is 6.61 Å². The van der Waals surface area contributed by atoms with Crippen molar-refractivity contribution in [2.24, 2.45) is 0 Å². The van der Waals surface area contributed by atoms with E-state index in [2.05, 4.69) is 6.92 Å². The maximum absolute atomic E-state index is 10.3. The summed E-state index contributed by atoms with van der Waals surface area (Å²) in [6.45, 7) is 6.40. The molecule has 6 heteroatoms. The number of aliphatic hydroxyl groups is 2. The third-order valence-corrected chi connectivity index (χ3v) is 5.43. The molecule has 160 valence electrons. The quantitative estimate of drug-likeness (QED) is 0.443. The molecule has 2 aliphatic heterocycles. The summed E-state index contributed by atoms with van der Waals surface area (Å²) in [7, 11) is 0. The highest BCUT2D eigenvalue weighted by molar-refractivity contribution is 5.02. The van der Waals surface area contributed by atoms with E-state index in [1.54, 1.807) is 13.8 Å². The van der Waals surface area contributed by atoms with Crippen LogP contribution in [-0.4, -0.2) is 59.9 Å². The monoisotopic (exact) mass is 388 g/mol. The van der Waals surface area contributed by atoms with E-state index in [4.69, 9.17) is 18.9 Å². The lowest BCUT2D eigenvalue weighted by molar-refractivity contribution is -0.280. The molecule has 4 atom stereocenters. The van der Waals surface area contributed by atoms with Crippen molar-refractivity contribution in [1.82, 2.24) is 0 Å². The van der Waals surface area contributed by atoms with Crippen molar-refractivity contribution < 1.29 is 29.2 Å². The molecule has 2 N–H and O–H groups in total. The lowest BCUT2D eigenvalue weighted by atomic mass is 10.1. The SMILES string of the molecule is CCCCCCCCCCCCOC[C@@]12O[C@@H](CO)[C@@H](O)[C@@H]1OC(C)(C)O2. The van der Waals surface area contributed by atoms with E-state index in [-0.39, 0.29) is 13.2 Å². The van der Waals surface area contributed by atoms with Crippen LogP contribution >= 0.6 is 0 Å². The predicted octanol–water partition coefficient (Wildman–Crippen LogP) is 3.52. The molecular weight excluding hydrogens is 348 g/mol. The van der Waals surface area contributed by atoms with Gasteiger partial charge in [0.2, 0.25) is 5.79 Å². The zero-order valence-corrected chi connectivity index (χ0v) is 17.5. The molecule has 2 fully saturated rings. The summed E-state index contributed by atoms with van der Waals surface area (Å²) in [5, 5.41) is 19.7. The van der Waals surface area contributed by atoms with Gasteiger partial charge in [-0.3, -0.25) is 0 Å². The number of fused-ring (bicyclic) bond motifs is 1. The zero-order chi connectivity index (χ0) is 19.8. The van der Waals surface area contributed by atoms with E-state index in [1.165, 1.54) is 51.4 Å². The fourth-order valence-electron chi connectivity index (χ4n) is 4.03. The van der Waals surface area contributed by atoms with Crippen molar-refractivity contribution in [1.29, 1.82) is 0 Å². The van der Waals surface area contributed by atoms with Crippen LogP contribution in [0.4, 0.5) is 0 Å². The second-order valence-corrected chi connectivity index (χ2v) is 8.42. The summed E-state index contributed by atoms with van der Waals surface area (Å²) in [5.74, 6) is -1.97. The summed E-state index contributed by atoms with van der Waals surface area (Å²) in [6.07, 6.45) is 10.6. The fraction of sp³-hybridized carbons (Fsp3) is 1.00. The van der Waals surface area contributed by atoms with Gasteiger partial charge in [-0.1, -0.05) is 64.7 Å². The van der Waals surface area contributed by atoms with E-state index in [9.17, 15) is 10.2 Å². The van der Waals surface area contributed by atoms with Crippen LogP contribution in [0.3, 0.4) is 0 Å². The highest BCUT2D eigenvalue weighted by Gasteiger charge is 2.64. The van der Waals surface area contributed by atoms with Crippen molar-refractivity contribution in [3.8, 4) is 0 Å². The molecule has 2 rings (SSSR count). The molecule has 0 unspecified atom stereocenters. The van der Waals surface area contributed by atoms with Crippen LogP contribution in [0.2, 0.25) is 0 Å². The average Bonchev–Trinajstić information content (AvgIpc) is 3.03. The molecule has 27 heavy (non-hydrogen) atoms. The first-order valence-corrected chi connectivity index (χ1v) is 10.9. The Hall–Kier alpha value is -0.240. The molecule has 2 heterocycles. The Morgan fingerprint density at radius 1 is 0.889 bits per heavy atom. The highest BCUT2D eigenvalue weighted by atomic mass is 16.9. The largest absolute Gasteiger partial charge is 0.394 e. The van der Waals surface area contributed by atoms with Gasteiger partial charge < -0.3 is 29.2 Å². The predicted molar refractivity (Wildman–Crippen MR) is 103 cm³/mol. The Balaban J connectivity index is 1.58. The topological polar surface area (TPSA) is 77.4 Å². The molecule has 0 aromatic rings. The molecule has 0 radical (unpaired) electrons. The van der Waals surface area contributed by atoms with Crippen molar-refractivity contribution in [3.63, 3.8) is 0 Å². The lowest BCUT2D eigenvalue weighted by Crippen LogP contribution is -2.45. The summed E-state index contributed by atoms with van der Waals surface area (Å²) < 4.78 is 23.3. The minimum atomic E-state index is -1.13. The molecule has 0 spiro atoms. The van der Waals surface area contributed by atoms with Gasteiger partial charge in [0, 0.05) is 6.61 Å². The smallest absolute Gasteiger partial charge is 0.224 e. The van der Waals surface area contributed by atoms with Gasteiger partial charge in [0.1, 0.15) is 24.9 Å². The number of hydrogen-bond acceptors (Lipinski definition) is 6. The standard InChI is InChI=1S/C21H40O6/c1-4-5-6-7-8-9-10-11-12-13-14-24-16-21-19(26-20(2,3)27-21)18(23)17(15-22)25-21/h17-19,22-23H,4-16H2,1-3H3/t17-,18+,19-,21-/m0/s1. The molecule has 6 nitrogen and oxygen atoms in total. The van der Waals surface area contributed by atoms with E-state index >= 15 is 0 Å². The highest BCUT2D eigenvalue weighted by Crippen LogP contribution is 2.45. The Bertz CT molecular complexity index is 415. The van der Waals surface area contributed by atoms with Crippen LogP contribution in [0.1, 0.15) is 85.0 Å². The summed E-state index contributed by atoms with van der Waals surface area (Å²) in [4.78, 5) is 0. The number of ether oxygens (including phenoxy) is 4. The average molecular weight is 389 g/mol. The van der Waals surface area contributed by atoms with Gasteiger partial charge in [-0.05, 0) is 20.3 Å². The maximum atomic E-state index is 10.3. The third kappa shape index (κ3) is 6.65. The normalized spacial score (nSPS) is 32.1. The number of rotatable bonds is 14. The van der Waals surface area contributed by atoms with Gasteiger partial charge in [-0.25, -0.2) is 0 Å². The maximum Gasteiger partial charge on any atom is 0.224 e. The van der Waals surface area contributed by atoms with Gasteiger partial charge in [-0.15, -0.1) is 0 Å². The summed E-state index contributed by atoms with van der Waals surface area (Å²) in [5.41, 5.74) is 0. The van der Waals surface area contributed by atoms with Crippen molar-refractivity contribution in [3.05, 3.63) is 0 Å². The molecule has 0 aromatic heterocycles. The molecule has 0 saturated carbocycles. The second kappa shape index (κ2) is 11.1. The van der Waals surface area contributed by atoms with Crippen molar-refractivity contribution >= 4 is 0 Å². The van der Waals surface area contributed by atoms with Crippen molar-refractivity contribution in [2.45, 2.75) is 115 Å². The number of aliphatic hydroxyl groups excluding tert-OH is 2. The van der Waals surface area contributed by atoms with Crippen LogP contribution in [0.25, 0.3) is 0 Å². The van der Waals surface area contributed by atoms with Crippen LogP contribution in [-0.2, 0) is 18.9 Å². The second-order valence-electron chi connectivity index (χ2n) is 8.42. The first-order chi connectivity index (χ1) is 12.9. The molecule has 0 bridgehead atoms. The minimum absolute atomic E-state index is 0.200. The minimum Gasteiger partial charge on any atom is -0.394 e.